The molecule has 0 radical (unpaired) electrons. The van der Waals surface area contributed by atoms with Crippen molar-refractivity contribution >= 4 is 5.97 Å². The second-order valence-corrected chi connectivity index (χ2v) is 8.07. The first kappa shape index (κ1) is 25.4. The third kappa shape index (κ3) is 6.21. The summed E-state index contributed by atoms with van der Waals surface area (Å²) in [6.07, 6.45) is -8.76. The van der Waals surface area contributed by atoms with Crippen LogP contribution in [0.2, 0.25) is 0 Å². The van der Waals surface area contributed by atoms with E-state index in [0.717, 1.165) is 22.3 Å². The lowest BCUT2D eigenvalue weighted by molar-refractivity contribution is -0.307. The highest BCUT2D eigenvalue weighted by atomic mass is 19.4. The maximum Gasteiger partial charge on any atom is 0.449 e. The molecule has 0 aliphatic carbocycles. The molecule has 2 aromatic carbocycles. The number of hydrogen-bond donors (Lipinski definition) is 2. The van der Waals surface area contributed by atoms with Gasteiger partial charge in [0.1, 0.15) is 5.82 Å². The molecule has 0 spiro atoms. The number of rotatable bonds is 9. The van der Waals surface area contributed by atoms with Crippen LogP contribution in [0.5, 0.6) is 0 Å². The van der Waals surface area contributed by atoms with Crippen LogP contribution in [0.25, 0.3) is 22.5 Å². The van der Waals surface area contributed by atoms with Gasteiger partial charge in [-0.3, -0.25) is 0 Å². The monoisotopic (exact) mass is 479 g/mol. The number of alkyl halides is 3. The highest BCUT2D eigenvalue weighted by Gasteiger charge is 2.39. The van der Waals surface area contributed by atoms with E-state index in [2.05, 4.69) is 4.98 Å². The molecule has 0 saturated carbocycles. The molecular weight excluding hydrogens is 456 g/mol. The standard InChI is InChI=1S/C24H24F4N2O4/c1-14-3-2-4-16(11-14)21-22(15-5-7-17(25)8-6-15)30(23(29-21)24(26,27)28)10-9-18(31)12-19(32)13-20(33)34/h2-8,11,18-19,31-32H,9-10,12-13H2,1H3,(H,33,34)/p-1/t18-,19-/m1/s1. The second-order valence-electron chi connectivity index (χ2n) is 8.07. The number of carbonyl (C=O) groups excluding carboxylic acids is 1. The fraction of sp³-hybridized carbons (Fsp3) is 0.333. The normalized spacial score (nSPS) is 13.6. The average molecular weight is 479 g/mol. The summed E-state index contributed by atoms with van der Waals surface area (Å²) in [5.41, 5.74) is 1.69. The summed E-state index contributed by atoms with van der Waals surface area (Å²) in [5, 5.41) is 30.5. The zero-order valence-electron chi connectivity index (χ0n) is 18.2. The fourth-order valence-electron chi connectivity index (χ4n) is 3.77. The number of carbonyl (C=O) groups is 1. The van der Waals surface area contributed by atoms with E-state index in [-0.39, 0.29) is 30.8 Å². The van der Waals surface area contributed by atoms with Gasteiger partial charge >= 0.3 is 6.18 Å². The van der Waals surface area contributed by atoms with Crippen molar-refractivity contribution in [3.8, 4) is 22.5 Å². The van der Waals surface area contributed by atoms with Gasteiger partial charge in [0.2, 0.25) is 5.82 Å². The first-order valence-electron chi connectivity index (χ1n) is 10.5. The molecule has 2 N–H and O–H groups in total. The van der Waals surface area contributed by atoms with Gasteiger partial charge in [-0.15, -0.1) is 0 Å². The quantitative estimate of drug-likeness (QED) is 0.459. The summed E-state index contributed by atoms with van der Waals surface area (Å²) < 4.78 is 56.4. The molecule has 10 heteroatoms. The number of nitrogens with zero attached hydrogens (tertiary/aromatic N) is 2. The lowest BCUT2D eigenvalue weighted by Gasteiger charge is -2.19. The van der Waals surface area contributed by atoms with Gasteiger partial charge in [0.05, 0.1) is 23.6 Å². The van der Waals surface area contributed by atoms with E-state index in [1.165, 1.54) is 12.1 Å². The van der Waals surface area contributed by atoms with Crippen molar-refractivity contribution in [2.75, 3.05) is 0 Å². The van der Waals surface area contributed by atoms with Crippen LogP contribution >= 0.6 is 0 Å². The topological polar surface area (TPSA) is 98.4 Å². The zero-order chi connectivity index (χ0) is 25.0. The maximum atomic E-state index is 14.0. The summed E-state index contributed by atoms with van der Waals surface area (Å²) in [6.45, 7) is 1.45. The van der Waals surface area contributed by atoms with Gasteiger partial charge in [0.15, 0.2) is 0 Å². The Bertz CT molecular complexity index is 1140. The van der Waals surface area contributed by atoms with Gasteiger partial charge in [-0.25, -0.2) is 9.37 Å². The number of aliphatic hydroxyl groups is 2. The van der Waals surface area contributed by atoms with Gasteiger partial charge in [-0.1, -0.05) is 23.8 Å². The summed E-state index contributed by atoms with van der Waals surface area (Å²) in [6, 6.07) is 11.7. The van der Waals surface area contributed by atoms with Crippen molar-refractivity contribution in [2.24, 2.45) is 0 Å². The van der Waals surface area contributed by atoms with Crippen LogP contribution < -0.4 is 5.11 Å². The zero-order valence-corrected chi connectivity index (χ0v) is 18.2. The number of imidazole rings is 1. The van der Waals surface area contributed by atoms with Crippen molar-refractivity contribution in [2.45, 2.75) is 51.1 Å². The Morgan fingerprint density at radius 1 is 1.09 bits per heavy atom. The molecule has 3 aromatic rings. The second kappa shape index (κ2) is 10.4. The number of hydrogen-bond acceptors (Lipinski definition) is 5. The third-order valence-electron chi connectivity index (χ3n) is 5.26. The third-order valence-corrected chi connectivity index (χ3v) is 5.26. The highest BCUT2D eigenvalue weighted by Crippen LogP contribution is 2.39. The number of aromatic nitrogens is 2. The molecule has 3 rings (SSSR count). The summed E-state index contributed by atoms with van der Waals surface area (Å²) in [4.78, 5) is 14.5. The molecule has 0 fully saturated rings. The Morgan fingerprint density at radius 3 is 2.35 bits per heavy atom. The Labute approximate surface area is 193 Å². The van der Waals surface area contributed by atoms with Gasteiger partial charge < -0.3 is 24.7 Å². The largest absolute Gasteiger partial charge is 0.550 e. The fourth-order valence-corrected chi connectivity index (χ4v) is 3.77. The number of aliphatic carboxylic acids is 1. The molecule has 0 unspecified atom stereocenters. The van der Waals surface area contributed by atoms with Gasteiger partial charge in [0, 0.05) is 30.1 Å². The molecular formula is C24H23F4N2O4-. The van der Waals surface area contributed by atoms with Crippen LogP contribution in [-0.4, -0.2) is 37.9 Å². The molecule has 1 heterocycles. The predicted molar refractivity (Wildman–Crippen MR) is 114 cm³/mol. The Hall–Kier alpha value is -3.24. The SMILES string of the molecule is Cc1cccc(-c2nc(C(F)(F)F)n(CC[C@@H](O)C[C@@H](O)CC(=O)[O-])c2-c2ccc(F)cc2)c1. The van der Waals surface area contributed by atoms with Crippen molar-refractivity contribution in [3.05, 3.63) is 65.7 Å². The summed E-state index contributed by atoms with van der Waals surface area (Å²) >= 11 is 0. The molecule has 0 bridgehead atoms. The van der Waals surface area contributed by atoms with Gasteiger partial charge in [-0.05, 0) is 50.1 Å². The van der Waals surface area contributed by atoms with E-state index < -0.39 is 42.4 Å². The van der Waals surface area contributed by atoms with Crippen LogP contribution in [0, 0.1) is 12.7 Å². The summed E-state index contributed by atoms with van der Waals surface area (Å²) in [5.74, 6) is -3.25. The number of benzene rings is 2. The number of aliphatic hydroxyl groups excluding tert-OH is 2. The average Bonchev–Trinajstić information content (AvgIpc) is 3.12. The summed E-state index contributed by atoms with van der Waals surface area (Å²) in [7, 11) is 0. The number of halogens is 4. The van der Waals surface area contributed by atoms with E-state index in [1.54, 1.807) is 31.2 Å². The minimum absolute atomic E-state index is 0.0501. The van der Waals surface area contributed by atoms with Gasteiger partial charge in [-0.2, -0.15) is 13.2 Å². The highest BCUT2D eigenvalue weighted by molar-refractivity contribution is 5.79. The van der Waals surface area contributed by atoms with Crippen LogP contribution in [0.4, 0.5) is 17.6 Å². The smallest absolute Gasteiger partial charge is 0.449 e. The molecule has 0 aliphatic rings. The number of carboxylic acid groups (broad SMARTS) is 1. The van der Waals surface area contributed by atoms with Crippen molar-refractivity contribution in [3.63, 3.8) is 0 Å². The molecule has 1 aromatic heterocycles. The lowest BCUT2D eigenvalue weighted by atomic mass is 10.0. The van der Waals surface area contributed by atoms with E-state index in [0.29, 0.717) is 11.1 Å². The molecule has 0 amide bonds. The van der Waals surface area contributed by atoms with Crippen LogP contribution in [0.3, 0.4) is 0 Å². The Morgan fingerprint density at radius 2 is 1.76 bits per heavy atom. The first-order valence-corrected chi connectivity index (χ1v) is 10.5. The minimum atomic E-state index is -4.82. The van der Waals surface area contributed by atoms with E-state index in [9.17, 15) is 37.7 Å². The van der Waals surface area contributed by atoms with Crippen LogP contribution in [0.15, 0.2) is 48.5 Å². The Kier molecular flexibility index (Phi) is 7.73. The van der Waals surface area contributed by atoms with Gasteiger partial charge in [0.25, 0.3) is 0 Å². The molecule has 2 atom stereocenters. The minimum Gasteiger partial charge on any atom is -0.550 e. The number of carboxylic acids is 1. The maximum absolute atomic E-state index is 14.0. The van der Waals surface area contributed by atoms with Crippen molar-refractivity contribution in [1.82, 2.24) is 9.55 Å². The van der Waals surface area contributed by atoms with Crippen LogP contribution in [-0.2, 0) is 17.5 Å². The molecule has 0 aliphatic heterocycles. The van der Waals surface area contributed by atoms with E-state index >= 15 is 0 Å². The number of aryl methyl sites for hydroxylation is 1. The van der Waals surface area contributed by atoms with Crippen molar-refractivity contribution in [1.29, 1.82) is 0 Å². The molecule has 0 saturated heterocycles. The molecule has 6 nitrogen and oxygen atoms in total. The van der Waals surface area contributed by atoms with E-state index in [1.807, 2.05) is 0 Å². The van der Waals surface area contributed by atoms with E-state index in [4.69, 9.17) is 0 Å². The predicted octanol–water partition coefficient (Wildman–Crippen LogP) is 3.33. The lowest BCUT2D eigenvalue weighted by Crippen LogP contribution is -2.30. The molecule has 182 valence electrons. The first-order chi connectivity index (χ1) is 16.0. The Balaban J connectivity index is 2.07. The van der Waals surface area contributed by atoms with Crippen LogP contribution in [0.1, 0.15) is 30.7 Å². The molecule has 34 heavy (non-hydrogen) atoms. The van der Waals surface area contributed by atoms with Crippen molar-refractivity contribution < 1.29 is 37.7 Å².